The van der Waals surface area contributed by atoms with Crippen LogP contribution in [-0.2, 0) is 24.1 Å². The standard InChI is InChI=1S/C19H19FN2O4/c1-26-18-14(10-12-3-2-4-15(12)22-18)17(23)21-16(19(24)25)9-11-5-7-13(20)8-6-11/h5-8,10,16H,2-4,9H2,1H3,(H,21,23)(H,24,25)/t16-/m0/s1. The lowest BCUT2D eigenvalue weighted by molar-refractivity contribution is -0.139. The van der Waals surface area contributed by atoms with E-state index in [1.165, 1.54) is 31.4 Å². The van der Waals surface area contributed by atoms with Crippen molar-refractivity contribution in [3.05, 3.63) is 58.5 Å². The molecule has 1 heterocycles. The Balaban J connectivity index is 1.80. The molecule has 7 heteroatoms. The maximum absolute atomic E-state index is 13.0. The minimum Gasteiger partial charge on any atom is -0.480 e. The van der Waals surface area contributed by atoms with Gasteiger partial charge in [0.25, 0.3) is 5.91 Å². The van der Waals surface area contributed by atoms with Crippen molar-refractivity contribution < 1.29 is 23.8 Å². The number of halogens is 1. The fourth-order valence-electron chi connectivity index (χ4n) is 3.06. The lowest BCUT2D eigenvalue weighted by Crippen LogP contribution is -2.42. The van der Waals surface area contributed by atoms with E-state index in [0.29, 0.717) is 5.56 Å². The molecule has 0 saturated carbocycles. The number of carboxylic acids is 1. The number of carbonyl (C=O) groups excluding carboxylic acids is 1. The number of methoxy groups -OCH3 is 1. The van der Waals surface area contributed by atoms with Gasteiger partial charge in [0.2, 0.25) is 5.88 Å². The van der Waals surface area contributed by atoms with Crippen molar-refractivity contribution in [3.8, 4) is 5.88 Å². The van der Waals surface area contributed by atoms with E-state index in [1.54, 1.807) is 6.07 Å². The number of aryl methyl sites for hydroxylation is 2. The van der Waals surface area contributed by atoms with E-state index in [4.69, 9.17) is 4.74 Å². The molecule has 2 aromatic rings. The smallest absolute Gasteiger partial charge is 0.326 e. The number of nitrogens with zero attached hydrogens (tertiary/aromatic N) is 1. The van der Waals surface area contributed by atoms with Crippen LogP contribution >= 0.6 is 0 Å². The second kappa shape index (κ2) is 7.51. The van der Waals surface area contributed by atoms with Crippen molar-refractivity contribution in [1.29, 1.82) is 0 Å². The summed E-state index contributed by atoms with van der Waals surface area (Å²) in [6.07, 6.45) is 2.70. The number of ether oxygens (including phenoxy) is 1. The first-order valence-electron chi connectivity index (χ1n) is 8.33. The van der Waals surface area contributed by atoms with Crippen molar-refractivity contribution in [1.82, 2.24) is 10.3 Å². The van der Waals surface area contributed by atoms with E-state index in [1.807, 2.05) is 0 Å². The summed E-state index contributed by atoms with van der Waals surface area (Å²) < 4.78 is 18.2. The van der Waals surface area contributed by atoms with Gasteiger partial charge in [0.1, 0.15) is 17.4 Å². The zero-order chi connectivity index (χ0) is 18.7. The van der Waals surface area contributed by atoms with Crippen molar-refractivity contribution in [2.75, 3.05) is 7.11 Å². The largest absolute Gasteiger partial charge is 0.480 e. The zero-order valence-corrected chi connectivity index (χ0v) is 14.3. The highest BCUT2D eigenvalue weighted by molar-refractivity contribution is 5.98. The number of aliphatic carboxylic acids is 1. The predicted octanol–water partition coefficient (Wildman–Crippen LogP) is 2.14. The van der Waals surface area contributed by atoms with E-state index < -0.39 is 23.7 Å². The molecule has 2 N–H and O–H groups in total. The number of benzene rings is 1. The minimum atomic E-state index is -1.17. The van der Waals surface area contributed by atoms with Crippen LogP contribution < -0.4 is 10.1 Å². The van der Waals surface area contributed by atoms with Crippen LogP contribution in [0.25, 0.3) is 0 Å². The molecule has 1 aromatic heterocycles. The molecule has 0 bridgehead atoms. The summed E-state index contributed by atoms with van der Waals surface area (Å²) in [4.78, 5) is 28.5. The quantitative estimate of drug-likeness (QED) is 0.826. The van der Waals surface area contributed by atoms with Gasteiger partial charge in [-0.05, 0) is 48.6 Å². The summed E-state index contributed by atoms with van der Waals surface area (Å²) in [5.74, 6) is -1.94. The number of hydrogen-bond acceptors (Lipinski definition) is 4. The van der Waals surface area contributed by atoms with Gasteiger partial charge < -0.3 is 15.2 Å². The molecule has 26 heavy (non-hydrogen) atoms. The van der Waals surface area contributed by atoms with Crippen LogP contribution in [0.4, 0.5) is 4.39 Å². The highest BCUT2D eigenvalue weighted by Crippen LogP contribution is 2.26. The van der Waals surface area contributed by atoms with Crippen LogP contribution in [0.3, 0.4) is 0 Å². The average Bonchev–Trinajstić information content (AvgIpc) is 3.09. The van der Waals surface area contributed by atoms with E-state index in [-0.39, 0.29) is 17.9 Å². The Morgan fingerprint density at radius 3 is 2.69 bits per heavy atom. The molecule has 0 radical (unpaired) electrons. The molecule has 0 spiro atoms. The first-order chi connectivity index (χ1) is 12.5. The molecule has 1 aliphatic carbocycles. The normalized spacial score (nSPS) is 13.8. The van der Waals surface area contributed by atoms with Crippen LogP contribution in [0.2, 0.25) is 0 Å². The molecule has 0 aliphatic heterocycles. The lowest BCUT2D eigenvalue weighted by Gasteiger charge is -2.16. The fourth-order valence-corrected chi connectivity index (χ4v) is 3.06. The highest BCUT2D eigenvalue weighted by Gasteiger charge is 2.25. The van der Waals surface area contributed by atoms with Crippen LogP contribution in [0.1, 0.15) is 33.6 Å². The number of carboxylic acid groups (broad SMARTS) is 1. The summed E-state index contributed by atoms with van der Waals surface area (Å²) in [5.41, 5.74) is 2.73. The summed E-state index contributed by atoms with van der Waals surface area (Å²) >= 11 is 0. The third kappa shape index (κ3) is 3.82. The van der Waals surface area contributed by atoms with Gasteiger partial charge in [0.15, 0.2) is 0 Å². The monoisotopic (exact) mass is 358 g/mol. The number of pyridine rings is 1. The number of aromatic nitrogens is 1. The van der Waals surface area contributed by atoms with Gasteiger partial charge in [-0.15, -0.1) is 0 Å². The Hall–Kier alpha value is -2.96. The SMILES string of the molecule is COc1nc2c(cc1C(=O)N[C@@H](Cc1ccc(F)cc1)C(=O)O)CCC2. The van der Waals surface area contributed by atoms with Crippen molar-refractivity contribution >= 4 is 11.9 Å². The van der Waals surface area contributed by atoms with Gasteiger partial charge in [0, 0.05) is 12.1 Å². The summed E-state index contributed by atoms with van der Waals surface area (Å²) in [6, 6.07) is 6.07. The molecular formula is C19H19FN2O4. The number of nitrogens with one attached hydrogen (secondary N) is 1. The molecule has 3 rings (SSSR count). The number of amides is 1. The molecule has 1 aliphatic rings. The van der Waals surface area contributed by atoms with Crippen molar-refractivity contribution in [2.24, 2.45) is 0 Å². The summed E-state index contributed by atoms with van der Waals surface area (Å²) in [6.45, 7) is 0. The highest BCUT2D eigenvalue weighted by atomic mass is 19.1. The number of hydrogen-bond donors (Lipinski definition) is 2. The molecule has 0 fully saturated rings. The Kier molecular flexibility index (Phi) is 5.16. The van der Waals surface area contributed by atoms with E-state index in [2.05, 4.69) is 10.3 Å². The molecular weight excluding hydrogens is 339 g/mol. The maximum Gasteiger partial charge on any atom is 0.326 e. The van der Waals surface area contributed by atoms with Gasteiger partial charge in [-0.3, -0.25) is 4.79 Å². The minimum absolute atomic E-state index is 0.0437. The van der Waals surface area contributed by atoms with Gasteiger partial charge in [-0.25, -0.2) is 14.2 Å². The van der Waals surface area contributed by atoms with E-state index in [9.17, 15) is 19.1 Å². The summed E-state index contributed by atoms with van der Waals surface area (Å²) in [5, 5.41) is 11.9. The van der Waals surface area contributed by atoms with Gasteiger partial charge in [-0.2, -0.15) is 0 Å². The second-order valence-electron chi connectivity index (χ2n) is 6.20. The molecule has 136 valence electrons. The second-order valence-corrected chi connectivity index (χ2v) is 6.20. The first-order valence-corrected chi connectivity index (χ1v) is 8.33. The maximum atomic E-state index is 13.0. The molecule has 6 nitrogen and oxygen atoms in total. The van der Waals surface area contributed by atoms with E-state index >= 15 is 0 Å². The van der Waals surface area contributed by atoms with E-state index in [0.717, 1.165) is 30.5 Å². The van der Waals surface area contributed by atoms with Crippen LogP contribution in [0, 0.1) is 5.82 Å². The summed E-state index contributed by atoms with van der Waals surface area (Å²) in [7, 11) is 1.42. The Bertz CT molecular complexity index is 836. The topological polar surface area (TPSA) is 88.5 Å². The van der Waals surface area contributed by atoms with Gasteiger partial charge in [0.05, 0.1) is 7.11 Å². The Morgan fingerprint density at radius 1 is 1.31 bits per heavy atom. The first kappa shape index (κ1) is 17.8. The molecule has 0 unspecified atom stereocenters. The van der Waals surface area contributed by atoms with Gasteiger partial charge in [-0.1, -0.05) is 12.1 Å². The lowest BCUT2D eigenvalue weighted by atomic mass is 10.0. The van der Waals surface area contributed by atoms with Crippen LogP contribution in [-0.4, -0.2) is 35.1 Å². The number of carbonyl (C=O) groups is 2. The Labute approximate surface area is 150 Å². The van der Waals surface area contributed by atoms with Crippen LogP contribution in [0.5, 0.6) is 5.88 Å². The van der Waals surface area contributed by atoms with Gasteiger partial charge >= 0.3 is 5.97 Å². The van der Waals surface area contributed by atoms with Crippen molar-refractivity contribution in [2.45, 2.75) is 31.7 Å². The number of fused-ring (bicyclic) bond motifs is 1. The Morgan fingerprint density at radius 2 is 2.04 bits per heavy atom. The molecule has 1 aromatic carbocycles. The average molecular weight is 358 g/mol. The fraction of sp³-hybridized carbons (Fsp3) is 0.316. The molecule has 1 amide bonds. The molecule has 0 saturated heterocycles. The third-order valence-corrected chi connectivity index (χ3v) is 4.41. The third-order valence-electron chi connectivity index (χ3n) is 4.41. The van der Waals surface area contributed by atoms with Crippen molar-refractivity contribution in [3.63, 3.8) is 0 Å². The number of rotatable bonds is 6. The zero-order valence-electron chi connectivity index (χ0n) is 14.3. The predicted molar refractivity (Wildman–Crippen MR) is 91.8 cm³/mol. The van der Waals surface area contributed by atoms with Crippen LogP contribution in [0.15, 0.2) is 30.3 Å². The molecule has 1 atom stereocenters.